The average molecular weight is 392 g/mol. The molecule has 0 N–H and O–H groups in total. The number of pyridine rings is 1. The molecule has 1 amide bonds. The molecule has 1 saturated carbocycles. The molecule has 1 spiro atoms. The molecule has 1 aromatic carbocycles. The van der Waals surface area contributed by atoms with E-state index in [2.05, 4.69) is 28.9 Å². The van der Waals surface area contributed by atoms with Crippen LogP contribution in [0.3, 0.4) is 0 Å². The fourth-order valence-corrected chi connectivity index (χ4v) is 5.36. The molecule has 1 aromatic heterocycles. The number of ether oxygens (including phenoxy) is 2. The van der Waals surface area contributed by atoms with Gasteiger partial charge < -0.3 is 14.4 Å². The lowest BCUT2D eigenvalue weighted by molar-refractivity contribution is -0.134. The molecule has 1 atom stereocenters. The van der Waals surface area contributed by atoms with Crippen LogP contribution in [0.2, 0.25) is 0 Å². The molecule has 29 heavy (non-hydrogen) atoms. The number of nitrogens with zero attached hydrogens (tertiary/aromatic N) is 2. The Bertz CT molecular complexity index is 949. The van der Waals surface area contributed by atoms with Gasteiger partial charge in [0, 0.05) is 24.4 Å². The van der Waals surface area contributed by atoms with Crippen LogP contribution in [0.5, 0.6) is 11.5 Å². The summed E-state index contributed by atoms with van der Waals surface area (Å²) in [4.78, 5) is 19.7. The minimum Gasteiger partial charge on any atom is -0.486 e. The number of fused-ring (bicyclic) bond motifs is 3. The first-order valence-electron chi connectivity index (χ1n) is 10.7. The summed E-state index contributed by atoms with van der Waals surface area (Å²) in [5.41, 5.74) is 4.76. The van der Waals surface area contributed by atoms with Crippen LogP contribution in [0, 0.1) is 6.92 Å². The first-order valence-corrected chi connectivity index (χ1v) is 10.7. The van der Waals surface area contributed by atoms with Gasteiger partial charge in [0.05, 0.1) is 12.5 Å². The number of benzene rings is 1. The van der Waals surface area contributed by atoms with Gasteiger partial charge in [-0.2, -0.15) is 0 Å². The Morgan fingerprint density at radius 2 is 1.93 bits per heavy atom. The third-order valence-corrected chi connectivity index (χ3v) is 7.05. The Morgan fingerprint density at radius 1 is 1.21 bits per heavy atom. The number of hydrogen-bond donors (Lipinski definition) is 0. The van der Waals surface area contributed by atoms with Crippen molar-refractivity contribution < 1.29 is 14.3 Å². The highest BCUT2D eigenvalue weighted by molar-refractivity contribution is 5.80. The van der Waals surface area contributed by atoms with Gasteiger partial charge in [0.15, 0.2) is 11.5 Å². The van der Waals surface area contributed by atoms with E-state index in [0.29, 0.717) is 19.6 Å². The molecular formula is C24H28N2O3. The summed E-state index contributed by atoms with van der Waals surface area (Å²) >= 11 is 0. The smallest absolute Gasteiger partial charge is 0.227 e. The van der Waals surface area contributed by atoms with Crippen molar-refractivity contribution in [3.05, 3.63) is 52.8 Å². The zero-order valence-electron chi connectivity index (χ0n) is 17.2. The SMILES string of the molecule is Cc1ccncc1CC(=O)N1CC2(CCCC2)c2cc3c(cc2C1C)OCCO3. The predicted molar refractivity (Wildman–Crippen MR) is 110 cm³/mol. The van der Waals surface area contributed by atoms with Crippen molar-refractivity contribution in [2.24, 2.45) is 0 Å². The van der Waals surface area contributed by atoms with E-state index in [4.69, 9.17) is 9.47 Å². The predicted octanol–water partition coefficient (Wildman–Crippen LogP) is 4.12. The summed E-state index contributed by atoms with van der Waals surface area (Å²) in [7, 11) is 0. The molecule has 0 radical (unpaired) electrons. The normalized spacial score (nSPS) is 21.9. The van der Waals surface area contributed by atoms with Crippen LogP contribution in [0.25, 0.3) is 0 Å². The van der Waals surface area contributed by atoms with Gasteiger partial charge >= 0.3 is 0 Å². The lowest BCUT2D eigenvalue weighted by atomic mass is 9.71. The summed E-state index contributed by atoms with van der Waals surface area (Å²) in [5.74, 6) is 1.85. The van der Waals surface area contributed by atoms with Gasteiger partial charge in [0.2, 0.25) is 5.91 Å². The Kier molecular flexibility index (Phi) is 4.49. The van der Waals surface area contributed by atoms with Crippen LogP contribution in [0.4, 0.5) is 0 Å². The van der Waals surface area contributed by atoms with Crippen LogP contribution < -0.4 is 9.47 Å². The topological polar surface area (TPSA) is 51.7 Å². The molecule has 3 aliphatic rings. The largest absolute Gasteiger partial charge is 0.486 e. The number of hydrogen-bond acceptors (Lipinski definition) is 4. The fourth-order valence-electron chi connectivity index (χ4n) is 5.36. The highest BCUT2D eigenvalue weighted by atomic mass is 16.6. The van der Waals surface area contributed by atoms with Crippen molar-refractivity contribution in [1.82, 2.24) is 9.88 Å². The third kappa shape index (κ3) is 3.07. The Labute approximate surface area is 172 Å². The van der Waals surface area contributed by atoms with Gasteiger partial charge in [-0.1, -0.05) is 12.8 Å². The molecule has 152 valence electrons. The molecular weight excluding hydrogens is 364 g/mol. The van der Waals surface area contributed by atoms with Crippen molar-refractivity contribution in [3.8, 4) is 11.5 Å². The van der Waals surface area contributed by atoms with Crippen molar-refractivity contribution >= 4 is 5.91 Å². The standard InChI is InChI=1S/C24H28N2O3/c1-16-5-8-25-14-18(16)11-23(27)26-15-24(6-3-4-7-24)20-13-22-21(28-9-10-29-22)12-19(20)17(26)2/h5,8,12-14,17H,3-4,6-7,9-11,15H2,1-2H3. The van der Waals surface area contributed by atoms with Crippen LogP contribution >= 0.6 is 0 Å². The van der Waals surface area contributed by atoms with E-state index in [9.17, 15) is 4.79 Å². The minimum atomic E-state index is 0.0246. The maximum atomic E-state index is 13.4. The molecule has 5 rings (SSSR count). The number of carbonyl (C=O) groups is 1. The molecule has 0 saturated heterocycles. The summed E-state index contributed by atoms with van der Waals surface area (Å²) < 4.78 is 11.7. The van der Waals surface area contributed by atoms with Crippen LogP contribution in [-0.4, -0.2) is 35.5 Å². The number of amides is 1. The molecule has 1 fully saturated rings. The van der Waals surface area contributed by atoms with E-state index < -0.39 is 0 Å². The van der Waals surface area contributed by atoms with E-state index in [1.807, 2.05) is 19.2 Å². The molecule has 2 aliphatic heterocycles. The zero-order valence-corrected chi connectivity index (χ0v) is 17.2. The van der Waals surface area contributed by atoms with Crippen LogP contribution in [0.15, 0.2) is 30.6 Å². The maximum absolute atomic E-state index is 13.4. The first-order chi connectivity index (χ1) is 14.1. The van der Waals surface area contributed by atoms with Crippen molar-refractivity contribution in [3.63, 3.8) is 0 Å². The summed E-state index contributed by atoms with van der Waals surface area (Å²) in [5, 5.41) is 0. The quantitative estimate of drug-likeness (QED) is 0.772. The molecule has 0 bridgehead atoms. The monoisotopic (exact) mass is 392 g/mol. The van der Waals surface area contributed by atoms with E-state index in [-0.39, 0.29) is 17.4 Å². The van der Waals surface area contributed by atoms with Crippen LogP contribution in [0.1, 0.15) is 60.9 Å². The number of rotatable bonds is 2. The van der Waals surface area contributed by atoms with Gasteiger partial charge in [0.1, 0.15) is 13.2 Å². The average Bonchev–Trinajstić information content (AvgIpc) is 3.21. The summed E-state index contributed by atoms with van der Waals surface area (Å²) in [6.45, 7) is 6.16. The third-order valence-electron chi connectivity index (χ3n) is 7.05. The van der Waals surface area contributed by atoms with Crippen molar-refractivity contribution in [2.75, 3.05) is 19.8 Å². The van der Waals surface area contributed by atoms with Gasteiger partial charge in [-0.3, -0.25) is 9.78 Å². The molecule has 1 aliphatic carbocycles. The second-order valence-corrected chi connectivity index (χ2v) is 8.75. The molecule has 1 unspecified atom stereocenters. The van der Waals surface area contributed by atoms with E-state index in [1.54, 1.807) is 6.20 Å². The highest BCUT2D eigenvalue weighted by Crippen LogP contribution is 2.52. The van der Waals surface area contributed by atoms with Gasteiger partial charge in [-0.15, -0.1) is 0 Å². The summed E-state index contributed by atoms with van der Waals surface area (Å²) in [6.07, 6.45) is 8.69. The lowest BCUT2D eigenvalue weighted by Crippen LogP contribution is -2.49. The minimum absolute atomic E-state index is 0.0246. The second-order valence-electron chi connectivity index (χ2n) is 8.75. The fraction of sp³-hybridized carbons (Fsp3) is 0.500. The van der Waals surface area contributed by atoms with E-state index in [1.165, 1.54) is 24.0 Å². The lowest BCUT2D eigenvalue weighted by Gasteiger charge is -2.46. The Hall–Kier alpha value is -2.56. The van der Waals surface area contributed by atoms with Crippen LogP contribution in [-0.2, 0) is 16.6 Å². The van der Waals surface area contributed by atoms with E-state index >= 15 is 0 Å². The maximum Gasteiger partial charge on any atom is 0.227 e. The zero-order chi connectivity index (χ0) is 20.0. The number of aryl methyl sites for hydroxylation is 1. The molecule has 5 heteroatoms. The van der Waals surface area contributed by atoms with E-state index in [0.717, 1.165) is 42.0 Å². The number of aromatic nitrogens is 1. The molecule has 3 heterocycles. The highest BCUT2D eigenvalue weighted by Gasteiger charge is 2.46. The second kappa shape index (κ2) is 7.05. The first kappa shape index (κ1) is 18.5. The van der Waals surface area contributed by atoms with Gasteiger partial charge in [-0.25, -0.2) is 0 Å². The van der Waals surface area contributed by atoms with Gasteiger partial charge in [0.25, 0.3) is 0 Å². The Balaban J connectivity index is 1.53. The molecule has 5 nitrogen and oxygen atoms in total. The Morgan fingerprint density at radius 3 is 2.66 bits per heavy atom. The van der Waals surface area contributed by atoms with Crippen molar-refractivity contribution in [2.45, 2.75) is 57.4 Å². The van der Waals surface area contributed by atoms with Gasteiger partial charge in [-0.05, 0) is 67.1 Å². The molecule has 2 aromatic rings. The summed E-state index contributed by atoms with van der Waals surface area (Å²) in [6, 6.07) is 6.33. The van der Waals surface area contributed by atoms with Crippen molar-refractivity contribution in [1.29, 1.82) is 0 Å². The number of carbonyl (C=O) groups excluding carboxylic acids is 1.